The number of ketones is 1. The third-order valence-corrected chi connectivity index (χ3v) is 1.48. The lowest BCUT2D eigenvalue weighted by Crippen LogP contribution is -2.23. The van der Waals surface area contributed by atoms with Gasteiger partial charge in [0.05, 0.1) is 0 Å². The molecule has 1 aliphatic heterocycles. The summed E-state index contributed by atoms with van der Waals surface area (Å²) in [5.74, 6) is 0.0324. The van der Waals surface area contributed by atoms with Crippen LogP contribution >= 0.6 is 0 Å². The fourth-order valence-corrected chi connectivity index (χ4v) is 0.838. The smallest absolute Gasteiger partial charge is 0.224 e. The number of carbonyl (C=O) groups is 2. The van der Waals surface area contributed by atoms with E-state index in [0.29, 0.717) is 18.4 Å². The number of Topliss-reactive ketones (excluding diaryl/α,β-unsaturated/α-hetero) is 1. The van der Waals surface area contributed by atoms with Crippen LogP contribution in [0.4, 0.5) is 0 Å². The molecule has 1 aliphatic rings. The first-order valence-corrected chi connectivity index (χ1v) is 4.19. The molecule has 1 heterocycles. The topological polar surface area (TPSA) is 46.2 Å². The molecule has 0 radical (unpaired) electrons. The number of nitrogens with one attached hydrogen (secondary N) is 1. The van der Waals surface area contributed by atoms with Gasteiger partial charge < -0.3 is 5.32 Å². The van der Waals surface area contributed by atoms with Crippen molar-refractivity contribution in [3.8, 4) is 0 Å². The molecule has 1 N–H and O–H groups in total. The van der Waals surface area contributed by atoms with Crippen molar-refractivity contribution in [1.82, 2.24) is 5.32 Å². The van der Waals surface area contributed by atoms with E-state index in [-0.39, 0.29) is 11.7 Å². The van der Waals surface area contributed by atoms with Crippen LogP contribution in [0, 0.1) is 0 Å². The standard InChI is InChI=1S/C7H9NO2.C2H6/c1-5(9)6-2-3-7(10)8-4-6;1-2/h4H,2-3H2,1H3,(H,8,10);1-2H3. The molecule has 0 aromatic heterocycles. The van der Waals surface area contributed by atoms with Crippen LogP contribution < -0.4 is 5.32 Å². The zero-order chi connectivity index (χ0) is 9.56. The summed E-state index contributed by atoms with van der Waals surface area (Å²) in [4.78, 5) is 21.3. The van der Waals surface area contributed by atoms with Gasteiger partial charge in [-0.1, -0.05) is 13.8 Å². The van der Waals surface area contributed by atoms with Gasteiger partial charge in [-0.15, -0.1) is 0 Å². The average Bonchev–Trinajstić information content (AvgIpc) is 2.09. The van der Waals surface area contributed by atoms with E-state index >= 15 is 0 Å². The van der Waals surface area contributed by atoms with Crippen LogP contribution in [0.25, 0.3) is 0 Å². The third-order valence-electron chi connectivity index (χ3n) is 1.48. The van der Waals surface area contributed by atoms with Gasteiger partial charge in [0, 0.05) is 18.2 Å². The monoisotopic (exact) mass is 169 g/mol. The van der Waals surface area contributed by atoms with Crippen LogP contribution in [0.15, 0.2) is 11.8 Å². The Bertz CT molecular complexity index is 207. The van der Waals surface area contributed by atoms with Gasteiger partial charge in [-0.25, -0.2) is 0 Å². The third kappa shape index (κ3) is 3.32. The van der Waals surface area contributed by atoms with E-state index in [1.165, 1.54) is 13.1 Å². The van der Waals surface area contributed by atoms with E-state index in [1.807, 2.05) is 13.8 Å². The van der Waals surface area contributed by atoms with Crippen molar-refractivity contribution in [2.45, 2.75) is 33.6 Å². The molecule has 0 fully saturated rings. The van der Waals surface area contributed by atoms with Gasteiger partial charge in [0.25, 0.3) is 0 Å². The highest BCUT2D eigenvalue weighted by Gasteiger charge is 2.11. The van der Waals surface area contributed by atoms with E-state index in [2.05, 4.69) is 5.32 Å². The van der Waals surface area contributed by atoms with Crippen molar-refractivity contribution < 1.29 is 9.59 Å². The van der Waals surface area contributed by atoms with E-state index in [9.17, 15) is 9.59 Å². The fraction of sp³-hybridized carbons (Fsp3) is 0.556. The van der Waals surface area contributed by atoms with Gasteiger partial charge in [0.15, 0.2) is 5.78 Å². The summed E-state index contributed by atoms with van der Waals surface area (Å²) < 4.78 is 0. The Morgan fingerprint density at radius 2 is 2.00 bits per heavy atom. The SMILES string of the molecule is CC.CC(=O)C1=CNC(=O)CC1. The molecule has 0 saturated heterocycles. The summed E-state index contributed by atoms with van der Waals surface area (Å²) in [6.45, 7) is 5.50. The quantitative estimate of drug-likeness (QED) is 0.644. The van der Waals surface area contributed by atoms with Gasteiger partial charge in [-0.05, 0) is 13.3 Å². The average molecular weight is 169 g/mol. The van der Waals surface area contributed by atoms with Gasteiger partial charge in [-0.3, -0.25) is 9.59 Å². The fourth-order valence-electron chi connectivity index (χ4n) is 0.838. The normalized spacial score (nSPS) is 15.2. The van der Waals surface area contributed by atoms with Crippen molar-refractivity contribution in [3.63, 3.8) is 0 Å². The Hall–Kier alpha value is -1.12. The summed E-state index contributed by atoms with van der Waals surface area (Å²) in [6, 6.07) is 0. The molecule has 0 saturated carbocycles. The number of hydrogen-bond acceptors (Lipinski definition) is 2. The molecule has 3 nitrogen and oxygen atoms in total. The molecule has 0 aromatic carbocycles. The summed E-state index contributed by atoms with van der Waals surface area (Å²) in [6.07, 6.45) is 2.51. The highest BCUT2D eigenvalue weighted by molar-refractivity contribution is 5.95. The van der Waals surface area contributed by atoms with Gasteiger partial charge in [0.1, 0.15) is 0 Å². The zero-order valence-corrected chi connectivity index (χ0v) is 7.81. The van der Waals surface area contributed by atoms with E-state index in [4.69, 9.17) is 0 Å². The summed E-state index contributed by atoms with van der Waals surface area (Å²) in [7, 11) is 0. The van der Waals surface area contributed by atoms with Crippen molar-refractivity contribution >= 4 is 11.7 Å². The summed E-state index contributed by atoms with van der Waals surface area (Å²) >= 11 is 0. The van der Waals surface area contributed by atoms with Crippen LogP contribution in [0.2, 0.25) is 0 Å². The second-order valence-corrected chi connectivity index (χ2v) is 2.29. The van der Waals surface area contributed by atoms with Crippen LogP contribution in [-0.2, 0) is 9.59 Å². The maximum Gasteiger partial charge on any atom is 0.224 e. The van der Waals surface area contributed by atoms with E-state index in [0.717, 1.165) is 0 Å². The molecule has 0 aliphatic carbocycles. The molecule has 0 bridgehead atoms. The minimum Gasteiger partial charge on any atom is -0.332 e. The lowest BCUT2D eigenvalue weighted by atomic mass is 10.1. The Morgan fingerprint density at radius 1 is 1.42 bits per heavy atom. The zero-order valence-electron chi connectivity index (χ0n) is 7.81. The Kier molecular flexibility index (Phi) is 5.00. The van der Waals surface area contributed by atoms with Gasteiger partial charge in [0.2, 0.25) is 5.91 Å². The van der Waals surface area contributed by atoms with Gasteiger partial charge in [-0.2, -0.15) is 0 Å². The molecule has 68 valence electrons. The minimum absolute atomic E-state index is 0.00926. The molecular weight excluding hydrogens is 154 g/mol. The Morgan fingerprint density at radius 3 is 2.33 bits per heavy atom. The maximum atomic E-state index is 10.7. The van der Waals surface area contributed by atoms with Crippen LogP contribution in [0.3, 0.4) is 0 Å². The lowest BCUT2D eigenvalue weighted by Gasteiger charge is -2.09. The first kappa shape index (κ1) is 10.9. The maximum absolute atomic E-state index is 10.7. The highest BCUT2D eigenvalue weighted by Crippen LogP contribution is 2.08. The van der Waals surface area contributed by atoms with Crippen molar-refractivity contribution in [1.29, 1.82) is 0 Å². The van der Waals surface area contributed by atoms with Crippen LogP contribution in [0.1, 0.15) is 33.6 Å². The number of amides is 1. The van der Waals surface area contributed by atoms with Crippen LogP contribution in [-0.4, -0.2) is 11.7 Å². The number of carbonyl (C=O) groups excluding carboxylic acids is 2. The summed E-state index contributed by atoms with van der Waals surface area (Å²) in [5.41, 5.74) is 0.708. The molecule has 0 aromatic rings. The number of hydrogen-bond donors (Lipinski definition) is 1. The van der Waals surface area contributed by atoms with Crippen LogP contribution in [0.5, 0.6) is 0 Å². The van der Waals surface area contributed by atoms with E-state index in [1.54, 1.807) is 0 Å². The summed E-state index contributed by atoms with van der Waals surface area (Å²) in [5, 5.41) is 2.49. The lowest BCUT2D eigenvalue weighted by molar-refractivity contribution is -0.120. The molecule has 3 heteroatoms. The van der Waals surface area contributed by atoms with Crippen molar-refractivity contribution in [2.24, 2.45) is 0 Å². The predicted molar refractivity (Wildman–Crippen MR) is 47.5 cm³/mol. The molecular formula is C9H15NO2. The minimum atomic E-state index is -0.00926. The Labute approximate surface area is 72.8 Å². The number of rotatable bonds is 1. The first-order chi connectivity index (χ1) is 5.70. The number of allylic oxidation sites excluding steroid dienone is 1. The largest absolute Gasteiger partial charge is 0.332 e. The molecule has 0 atom stereocenters. The van der Waals surface area contributed by atoms with Gasteiger partial charge >= 0.3 is 0 Å². The molecule has 0 unspecified atom stereocenters. The second-order valence-electron chi connectivity index (χ2n) is 2.29. The highest BCUT2D eigenvalue weighted by atomic mass is 16.1. The first-order valence-electron chi connectivity index (χ1n) is 4.19. The molecule has 0 spiro atoms. The Balaban J connectivity index is 0.000000561. The molecule has 1 rings (SSSR count). The molecule has 1 amide bonds. The molecule has 12 heavy (non-hydrogen) atoms. The second kappa shape index (κ2) is 5.52. The predicted octanol–water partition coefficient (Wildman–Crippen LogP) is 1.40. The van der Waals surface area contributed by atoms with Crippen molar-refractivity contribution in [3.05, 3.63) is 11.8 Å². The van der Waals surface area contributed by atoms with E-state index < -0.39 is 0 Å². The van der Waals surface area contributed by atoms with Crippen molar-refractivity contribution in [2.75, 3.05) is 0 Å².